The zero-order valence-electron chi connectivity index (χ0n) is 15.8. The smallest absolute Gasteiger partial charge is 0.236 e. The first-order valence-corrected chi connectivity index (χ1v) is 9.85. The minimum atomic E-state index is -0.441. The number of aromatic nitrogens is 1. The zero-order valence-corrected chi connectivity index (χ0v) is 15.8. The van der Waals surface area contributed by atoms with E-state index in [9.17, 15) is 4.79 Å². The minimum Gasteiger partial charge on any atom is -0.454 e. The molecular formula is C23H24N2O3. The fraction of sp³-hybridized carbons (Fsp3) is 0.391. The van der Waals surface area contributed by atoms with Crippen LogP contribution in [0.5, 0.6) is 11.5 Å². The highest BCUT2D eigenvalue weighted by molar-refractivity contribution is 5.98. The summed E-state index contributed by atoms with van der Waals surface area (Å²) in [5.74, 6) is 4.30. The first-order valence-electron chi connectivity index (χ1n) is 9.85. The lowest BCUT2D eigenvalue weighted by Crippen LogP contribution is -2.44. The molecule has 5 heteroatoms. The Morgan fingerprint density at radius 1 is 1.18 bits per heavy atom. The summed E-state index contributed by atoms with van der Waals surface area (Å²) < 4.78 is 10.9. The van der Waals surface area contributed by atoms with Gasteiger partial charge in [0.1, 0.15) is 5.82 Å². The van der Waals surface area contributed by atoms with Crippen LogP contribution in [0, 0.1) is 12.3 Å². The maximum Gasteiger partial charge on any atom is 0.236 e. The van der Waals surface area contributed by atoms with E-state index in [1.165, 1.54) is 6.42 Å². The molecular weight excluding hydrogens is 352 g/mol. The Bertz CT molecular complexity index is 869. The van der Waals surface area contributed by atoms with Crippen LogP contribution in [0.4, 0.5) is 5.82 Å². The van der Waals surface area contributed by atoms with Crippen LogP contribution in [0.25, 0.3) is 0 Å². The Kier molecular flexibility index (Phi) is 5.48. The average Bonchev–Trinajstić information content (AvgIpc) is 3.21. The second-order valence-corrected chi connectivity index (χ2v) is 7.26. The van der Waals surface area contributed by atoms with Gasteiger partial charge < -0.3 is 9.47 Å². The number of hydrogen-bond acceptors (Lipinski definition) is 4. The van der Waals surface area contributed by atoms with Crippen molar-refractivity contribution in [3.63, 3.8) is 0 Å². The lowest BCUT2D eigenvalue weighted by Gasteiger charge is -2.35. The van der Waals surface area contributed by atoms with E-state index in [1.807, 2.05) is 41.3 Å². The molecule has 0 spiro atoms. The monoisotopic (exact) mass is 376 g/mol. The first-order chi connectivity index (χ1) is 13.8. The molecule has 2 heterocycles. The highest BCUT2D eigenvalue weighted by Gasteiger charge is 2.33. The Hall–Kier alpha value is -3.00. The van der Waals surface area contributed by atoms with Crippen molar-refractivity contribution in [3.05, 3.63) is 48.2 Å². The van der Waals surface area contributed by atoms with Crippen molar-refractivity contribution in [2.75, 3.05) is 11.7 Å². The molecule has 2 aromatic rings. The van der Waals surface area contributed by atoms with Crippen LogP contribution < -0.4 is 14.4 Å². The number of terminal acetylenes is 1. The fourth-order valence-corrected chi connectivity index (χ4v) is 4.08. The third-order valence-corrected chi connectivity index (χ3v) is 5.49. The molecule has 0 N–H and O–H groups in total. The minimum absolute atomic E-state index is 0.00224. The largest absolute Gasteiger partial charge is 0.454 e. The van der Waals surface area contributed by atoms with Crippen LogP contribution >= 0.6 is 0 Å². The molecule has 4 rings (SSSR count). The van der Waals surface area contributed by atoms with Crippen molar-refractivity contribution in [2.24, 2.45) is 0 Å². The molecule has 1 aliphatic carbocycles. The summed E-state index contributed by atoms with van der Waals surface area (Å²) in [6.07, 6.45) is 13.2. The number of carbonyl (C=O) groups is 1. The number of nitrogens with zero attached hydrogens (tertiary/aromatic N) is 2. The summed E-state index contributed by atoms with van der Waals surface area (Å²) in [5.41, 5.74) is 0.851. The first kappa shape index (κ1) is 18.4. The van der Waals surface area contributed by atoms with E-state index in [-0.39, 0.29) is 18.7 Å². The van der Waals surface area contributed by atoms with Crippen LogP contribution in [-0.4, -0.2) is 23.7 Å². The van der Waals surface area contributed by atoms with Crippen LogP contribution in [0.1, 0.15) is 50.0 Å². The molecule has 1 fully saturated rings. The van der Waals surface area contributed by atoms with Gasteiger partial charge in [0.05, 0.1) is 5.92 Å². The maximum absolute atomic E-state index is 13.8. The summed E-state index contributed by atoms with van der Waals surface area (Å²) in [6.45, 7) is 0.203. The van der Waals surface area contributed by atoms with Crippen LogP contribution in [0.2, 0.25) is 0 Å². The third kappa shape index (κ3) is 3.68. The van der Waals surface area contributed by atoms with Gasteiger partial charge in [-0.2, -0.15) is 0 Å². The molecule has 1 unspecified atom stereocenters. The lowest BCUT2D eigenvalue weighted by atomic mass is 9.90. The van der Waals surface area contributed by atoms with Gasteiger partial charge in [-0.1, -0.05) is 31.4 Å². The van der Waals surface area contributed by atoms with Gasteiger partial charge in [-0.15, -0.1) is 12.3 Å². The molecule has 1 aliphatic heterocycles. The van der Waals surface area contributed by atoms with Gasteiger partial charge in [-0.25, -0.2) is 4.98 Å². The van der Waals surface area contributed by atoms with Crippen molar-refractivity contribution in [3.8, 4) is 23.8 Å². The molecule has 0 saturated heterocycles. The third-order valence-electron chi connectivity index (χ3n) is 5.49. The van der Waals surface area contributed by atoms with Crippen LogP contribution in [-0.2, 0) is 4.79 Å². The van der Waals surface area contributed by atoms with E-state index >= 15 is 0 Å². The van der Waals surface area contributed by atoms with E-state index in [0.717, 1.165) is 31.2 Å². The van der Waals surface area contributed by atoms with E-state index in [4.69, 9.17) is 15.9 Å². The predicted octanol–water partition coefficient (Wildman–Crippen LogP) is 4.28. The number of amides is 1. The fourth-order valence-electron chi connectivity index (χ4n) is 4.08. The number of pyridine rings is 1. The van der Waals surface area contributed by atoms with Crippen molar-refractivity contribution < 1.29 is 14.3 Å². The molecule has 5 nitrogen and oxygen atoms in total. The molecule has 2 aliphatic rings. The summed E-state index contributed by atoms with van der Waals surface area (Å²) in [7, 11) is 0. The highest BCUT2D eigenvalue weighted by atomic mass is 16.7. The Morgan fingerprint density at radius 3 is 2.75 bits per heavy atom. The number of carbonyl (C=O) groups excluding carboxylic acids is 1. The van der Waals surface area contributed by atoms with Crippen LogP contribution in [0.3, 0.4) is 0 Å². The summed E-state index contributed by atoms with van der Waals surface area (Å²) in [4.78, 5) is 20.1. The normalized spacial score (nSPS) is 17.0. The molecule has 144 valence electrons. The number of anilines is 1. The van der Waals surface area contributed by atoms with E-state index in [1.54, 1.807) is 6.20 Å². The number of ether oxygens (including phenoxy) is 2. The molecule has 1 aromatic carbocycles. The van der Waals surface area contributed by atoms with Gasteiger partial charge in [0, 0.05) is 18.7 Å². The maximum atomic E-state index is 13.8. The van der Waals surface area contributed by atoms with Crippen molar-refractivity contribution in [1.82, 2.24) is 4.98 Å². The lowest BCUT2D eigenvalue weighted by molar-refractivity contribution is -0.120. The number of fused-ring (bicyclic) bond motifs is 1. The summed E-state index contributed by atoms with van der Waals surface area (Å²) in [5, 5.41) is 0. The van der Waals surface area contributed by atoms with Crippen molar-refractivity contribution in [1.29, 1.82) is 0 Å². The van der Waals surface area contributed by atoms with Gasteiger partial charge in [0.2, 0.25) is 12.7 Å². The Balaban J connectivity index is 1.69. The van der Waals surface area contributed by atoms with Gasteiger partial charge in [-0.3, -0.25) is 9.69 Å². The standard InChI is InChI=1S/C23H24N2O3/c1-2-8-19(17-12-13-20-21(15-17)28-16-27-20)23(26)25(18-9-4-3-5-10-18)22-11-6-7-14-24-22/h1,6-7,11-15,18-19H,3-5,8-10,16H2. The Morgan fingerprint density at radius 2 is 2.00 bits per heavy atom. The molecule has 0 bridgehead atoms. The molecule has 1 saturated carbocycles. The molecule has 1 amide bonds. The molecule has 0 radical (unpaired) electrons. The van der Waals surface area contributed by atoms with Gasteiger partial charge >= 0.3 is 0 Å². The highest BCUT2D eigenvalue weighted by Crippen LogP contribution is 2.37. The second kappa shape index (κ2) is 8.35. The van der Waals surface area contributed by atoms with Gasteiger partial charge in [0.15, 0.2) is 11.5 Å². The van der Waals surface area contributed by atoms with E-state index in [0.29, 0.717) is 23.7 Å². The Labute approximate surface area is 165 Å². The van der Waals surface area contributed by atoms with E-state index in [2.05, 4.69) is 10.9 Å². The summed E-state index contributed by atoms with van der Waals surface area (Å²) >= 11 is 0. The zero-order chi connectivity index (χ0) is 19.3. The number of hydrogen-bond donors (Lipinski definition) is 0. The number of rotatable bonds is 5. The van der Waals surface area contributed by atoms with E-state index < -0.39 is 5.92 Å². The number of benzene rings is 1. The topological polar surface area (TPSA) is 51.7 Å². The SMILES string of the molecule is C#CCC(C(=O)N(c1ccccn1)C1CCCCC1)c1ccc2c(c1)OCO2. The molecule has 1 aromatic heterocycles. The van der Waals surface area contributed by atoms with Crippen molar-refractivity contribution >= 4 is 11.7 Å². The van der Waals surface area contributed by atoms with Crippen LogP contribution in [0.15, 0.2) is 42.6 Å². The van der Waals surface area contributed by atoms with Gasteiger partial charge in [0.25, 0.3) is 0 Å². The summed E-state index contributed by atoms with van der Waals surface area (Å²) in [6, 6.07) is 11.5. The molecule has 28 heavy (non-hydrogen) atoms. The average molecular weight is 376 g/mol. The van der Waals surface area contributed by atoms with Crippen molar-refractivity contribution in [2.45, 2.75) is 50.5 Å². The predicted molar refractivity (Wildman–Crippen MR) is 107 cm³/mol. The second-order valence-electron chi connectivity index (χ2n) is 7.26. The molecule has 1 atom stereocenters. The quantitative estimate of drug-likeness (QED) is 0.731. The van der Waals surface area contributed by atoms with Gasteiger partial charge in [-0.05, 0) is 42.7 Å².